The lowest BCUT2D eigenvalue weighted by Gasteiger charge is -2.51. The zero-order valence-electron chi connectivity index (χ0n) is 14.9. The molecule has 0 aromatic carbocycles. The van der Waals surface area contributed by atoms with Crippen LogP contribution in [-0.2, 0) is 16.0 Å². The zero-order chi connectivity index (χ0) is 16.6. The SMILES string of the molecule is CCO[C@H]1CCN(c2nnnn2CC2(C)CCOC3(CCC3)C2)C1. The minimum Gasteiger partial charge on any atom is -0.377 e. The summed E-state index contributed by atoms with van der Waals surface area (Å²) in [7, 11) is 0. The summed E-state index contributed by atoms with van der Waals surface area (Å²) in [5.74, 6) is 0.896. The first-order valence-corrected chi connectivity index (χ1v) is 9.38. The summed E-state index contributed by atoms with van der Waals surface area (Å²) in [5, 5.41) is 12.5. The van der Waals surface area contributed by atoms with Gasteiger partial charge in [-0.25, -0.2) is 4.68 Å². The maximum atomic E-state index is 6.10. The van der Waals surface area contributed by atoms with E-state index in [1.54, 1.807) is 0 Å². The molecule has 2 saturated heterocycles. The van der Waals surface area contributed by atoms with E-state index in [9.17, 15) is 0 Å². The molecule has 1 spiro atoms. The van der Waals surface area contributed by atoms with Gasteiger partial charge in [-0.05, 0) is 61.3 Å². The third-order valence-electron chi connectivity index (χ3n) is 6.00. The normalized spacial score (nSPS) is 32.2. The highest BCUT2D eigenvalue weighted by Crippen LogP contribution is 2.49. The molecule has 1 aromatic heterocycles. The molecule has 0 amide bonds. The summed E-state index contributed by atoms with van der Waals surface area (Å²) in [6, 6.07) is 0. The second-order valence-electron chi connectivity index (χ2n) is 8.07. The van der Waals surface area contributed by atoms with Crippen LogP contribution >= 0.6 is 0 Å². The molecule has 134 valence electrons. The molecule has 4 rings (SSSR count). The third-order valence-corrected chi connectivity index (χ3v) is 6.00. The van der Waals surface area contributed by atoms with Crippen LogP contribution in [0.3, 0.4) is 0 Å². The summed E-state index contributed by atoms with van der Waals surface area (Å²) < 4.78 is 13.9. The lowest BCUT2D eigenvalue weighted by Crippen LogP contribution is -2.50. The van der Waals surface area contributed by atoms with Gasteiger partial charge in [0, 0.05) is 26.3 Å². The largest absolute Gasteiger partial charge is 0.377 e. The lowest BCUT2D eigenvalue weighted by atomic mass is 9.66. The van der Waals surface area contributed by atoms with E-state index in [0.29, 0.717) is 6.10 Å². The topological polar surface area (TPSA) is 65.3 Å². The smallest absolute Gasteiger partial charge is 0.245 e. The van der Waals surface area contributed by atoms with Crippen molar-refractivity contribution >= 4 is 5.95 Å². The molecule has 7 heteroatoms. The predicted octanol–water partition coefficient (Wildman–Crippen LogP) is 2.03. The van der Waals surface area contributed by atoms with Gasteiger partial charge in [0.05, 0.1) is 18.2 Å². The zero-order valence-corrected chi connectivity index (χ0v) is 14.9. The molecule has 1 saturated carbocycles. The van der Waals surface area contributed by atoms with Crippen LogP contribution in [0.2, 0.25) is 0 Å². The van der Waals surface area contributed by atoms with E-state index in [1.807, 2.05) is 4.68 Å². The molecule has 1 unspecified atom stereocenters. The monoisotopic (exact) mass is 335 g/mol. The maximum Gasteiger partial charge on any atom is 0.245 e. The molecule has 0 N–H and O–H groups in total. The van der Waals surface area contributed by atoms with Gasteiger partial charge in [-0.2, -0.15) is 0 Å². The van der Waals surface area contributed by atoms with Gasteiger partial charge in [-0.3, -0.25) is 0 Å². The van der Waals surface area contributed by atoms with Crippen molar-refractivity contribution in [3.63, 3.8) is 0 Å². The number of aromatic nitrogens is 4. The Labute approximate surface area is 143 Å². The van der Waals surface area contributed by atoms with Crippen molar-refractivity contribution in [3.05, 3.63) is 0 Å². The fourth-order valence-electron chi connectivity index (χ4n) is 4.63. The van der Waals surface area contributed by atoms with Gasteiger partial charge in [-0.1, -0.05) is 12.0 Å². The number of nitrogens with zero attached hydrogens (tertiary/aromatic N) is 5. The Morgan fingerprint density at radius 2 is 2.21 bits per heavy atom. The first-order valence-electron chi connectivity index (χ1n) is 9.38. The molecule has 0 bridgehead atoms. The summed E-state index contributed by atoms with van der Waals surface area (Å²) in [6.07, 6.45) is 7.29. The van der Waals surface area contributed by atoms with Crippen molar-refractivity contribution in [2.45, 2.75) is 70.6 Å². The van der Waals surface area contributed by atoms with Crippen LogP contribution in [0.1, 0.15) is 52.4 Å². The minimum absolute atomic E-state index is 0.148. The summed E-state index contributed by atoms with van der Waals surface area (Å²) in [4.78, 5) is 2.27. The number of hydrogen-bond acceptors (Lipinski definition) is 6. The van der Waals surface area contributed by atoms with Crippen molar-refractivity contribution in [1.82, 2.24) is 20.2 Å². The molecular weight excluding hydrogens is 306 g/mol. The predicted molar refractivity (Wildman–Crippen MR) is 89.9 cm³/mol. The third kappa shape index (κ3) is 3.04. The Kier molecular flexibility index (Phi) is 4.24. The van der Waals surface area contributed by atoms with E-state index in [0.717, 1.165) is 58.1 Å². The number of hydrogen-bond donors (Lipinski definition) is 0. The second kappa shape index (κ2) is 6.26. The molecule has 1 aliphatic carbocycles. The van der Waals surface area contributed by atoms with Crippen LogP contribution < -0.4 is 4.90 Å². The number of rotatable bonds is 5. The molecule has 1 aromatic rings. The lowest BCUT2D eigenvalue weighted by molar-refractivity contribution is -0.166. The Morgan fingerprint density at radius 3 is 2.96 bits per heavy atom. The van der Waals surface area contributed by atoms with Crippen LogP contribution in [0.25, 0.3) is 0 Å². The van der Waals surface area contributed by atoms with E-state index < -0.39 is 0 Å². The Bertz CT molecular complexity index is 573. The van der Waals surface area contributed by atoms with Crippen LogP contribution in [0.15, 0.2) is 0 Å². The Balaban J connectivity index is 1.45. The highest BCUT2D eigenvalue weighted by molar-refractivity contribution is 5.30. The van der Waals surface area contributed by atoms with Gasteiger partial charge in [0.15, 0.2) is 0 Å². The van der Waals surface area contributed by atoms with E-state index in [2.05, 4.69) is 34.3 Å². The molecule has 2 atom stereocenters. The van der Waals surface area contributed by atoms with E-state index in [4.69, 9.17) is 9.47 Å². The second-order valence-corrected chi connectivity index (χ2v) is 8.07. The Hall–Kier alpha value is -1.21. The minimum atomic E-state index is 0.148. The number of anilines is 1. The highest BCUT2D eigenvalue weighted by atomic mass is 16.5. The maximum absolute atomic E-state index is 6.10. The molecular formula is C17H29N5O2. The van der Waals surface area contributed by atoms with Crippen molar-refractivity contribution in [2.24, 2.45) is 5.41 Å². The van der Waals surface area contributed by atoms with Gasteiger partial charge in [0.25, 0.3) is 0 Å². The number of ether oxygens (including phenoxy) is 2. The molecule has 0 radical (unpaired) electrons. The fourth-order valence-corrected chi connectivity index (χ4v) is 4.63. The molecule has 3 fully saturated rings. The van der Waals surface area contributed by atoms with Gasteiger partial charge in [-0.15, -0.1) is 0 Å². The quantitative estimate of drug-likeness (QED) is 0.820. The average molecular weight is 335 g/mol. The first-order chi connectivity index (χ1) is 11.6. The average Bonchev–Trinajstić information content (AvgIpc) is 3.15. The van der Waals surface area contributed by atoms with E-state index >= 15 is 0 Å². The highest BCUT2D eigenvalue weighted by Gasteiger charge is 2.47. The fraction of sp³-hybridized carbons (Fsp3) is 0.941. The van der Waals surface area contributed by atoms with Crippen molar-refractivity contribution in [2.75, 3.05) is 31.2 Å². The number of tetrazole rings is 1. The van der Waals surface area contributed by atoms with E-state index in [-0.39, 0.29) is 11.0 Å². The summed E-state index contributed by atoms with van der Waals surface area (Å²) in [6.45, 7) is 8.78. The summed E-state index contributed by atoms with van der Waals surface area (Å²) in [5.41, 5.74) is 0.358. The molecule has 3 heterocycles. The first kappa shape index (κ1) is 16.3. The van der Waals surface area contributed by atoms with Crippen LogP contribution in [0.5, 0.6) is 0 Å². The Morgan fingerprint density at radius 1 is 1.33 bits per heavy atom. The van der Waals surface area contributed by atoms with Crippen molar-refractivity contribution in [3.8, 4) is 0 Å². The van der Waals surface area contributed by atoms with Crippen LogP contribution in [0.4, 0.5) is 5.95 Å². The van der Waals surface area contributed by atoms with Gasteiger partial charge in [0.2, 0.25) is 5.95 Å². The van der Waals surface area contributed by atoms with Gasteiger partial charge < -0.3 is 14.4 Å². The van der Waals surface area contributed by atoms with Crippen molar-refractivity contribution < 1.29 is 9.47 Å². The van der Waals surface area contributed by atoms with Crippen molar-refractivity contribution in [1.29, 1.82) is 0 Å². The molecule has 24 heavy (non-hydrogen) atoms. The standard InChI is InChI=1S/C17H29N5O2/c1-3-23-14-5-9-21(11-14)15-18-19-20-22(15)13-16(2)8-10-24-17(12-16)6-4-7-17/h14H,3-13H2,1-2H3/t14-,16?/m0/s1. The molecule has 7 nitrogen and oxygen atoms in total. The molecule has 2 aliphatic heterocycles. The van der Waals surface area contributed by atoms with Crippen LogP contribution in [-0.4, -0.2) is 58.2 Å². The van der Waals surface area contributed by atoms with Crippen LogP contribution in [0, 0.1) is 5.41 Å². The molecule has 3 aliphatic rings. The van der Waals surface area contributed by atoms with Gasteiger partial charge in [0.1, 0.15) is 0 Å². The van der Waals surface area contributed by atoms with E-state index in [1.165, 1.54) is 19.3 Å². The summed E-state index contributed by atoms with van der Waals surface area (Å²) >= 11 is 0. The van der Waals surface area contributed by atoms with Gasteiger partial charge >= 0.3 is 0 Å².